The first-order valence-electron chi connectivity index (χ1n) is 9.38. The van der Waals surface area contributed by atoms with Crippen LogP contribution < -0.4 is 10.1 Å². The van der Waals surface area contributed by atoms with Crippen molar-refractivity contribution in [2.45, 2.75) is 32.2 Å². The summed E-state index contributed by atoms with van der Waals surface area (Å²) in [6.45, 7) is 4.37. The monoisotopic (exact) mass is 352 g/mol. The molecule has 4 nitrogen and oxygen atoms in total. The van der Waals surface area contributed by atoms with Gasteiger partial charge in [0.1, 0.15) is 5.75 Å². The van der Waals surface area contributed by atoms with Gasteiger partial charge in [0.2, 0.25) is 5.91 Å². The highest BCUT2D eigenvalue weighted by Crippen LogP contribution is 2.28. The minimum absolute atomic E-state index is 0.102. The number of rotatable bonds is 6. The first kappa shape index (κ1) is 18.5. The van der Waals surface area contributed by atoms with Gasteiger partial charge in [0, 0.05) is 18.2 Å². The summed E-state index contributed by atoms with van der Waals surface area (Å²) in [4.78, 5) is 14.8. The van der Waals surface area contributed by atoms with Gasteiger partial charge in [-0.3, -0.25) is 9.69 Å². The number of benzene rings is 2. The SMILES string of the molecule is COc1ccc(NC(=O)CC2CCN(C(C)c3ccccc3)CC2)cc1. The topological polar surface area (TPSA) is 41.6 Å². The Morgan fingerprint density at radius 1 is 1.12 bits per heavy atom. The lowest BCUT2D eigenvalue weighted by Gasteiger charge is -2.36. The van der Waals surface area contributed by atoms with Crippen molar-refractivity contribution >= 4 is 11.6 Å². The van der Waals surface area contributed by atoms with Gasteiger partial charge in [0.25, 0.3) is 0 Å². The minimum atomic E-state index is 0.102. The van der Waals surface area contributed by atoms with Gasteiger partial charge in [0.15, 0.2) is 0 Å². The van der Waals surface area contributed by atoms with Gasteiger partial charge >= 0.3 is 0 Å². The van der Waals surface area contributed by atoms with Gasteiger partial charge < -0.3 is 10.1 Å². The molecule has 1 saturated heterocycles. The van der Waals surface area contributed by atoms with Gasteiger partial charge in [-0.15, -0.1) is 0 Å². The molecule has 1 aliphatic rings. The van der Waals surface area contributed by atoms with Gasteiger partial charge in [0.05, 0.1) is 7.11 Å². The molecule has 1 atom stereocenters. The third kappa shape index (κ3) is 4.85. The molecule has 4 heteroatoms. The van der Waals surface area contributed by atoms with Crippen LogP contribution in [0.1, 0.15) is 37.8 Å². The van der Waals surface area contributed by atoms with Crippen LogP contribution in [0, 0.1) is 5.92 Å². The van der Waals surface area contributed by atoms with Crippen molar-refractivity contribution in [3.8, 4) is 5.75 Å². The van der Waals surface area contributed by atoms with E-state index in [1.165, 1.54) is 5.56 Å². The van der Waals surface area contributed by atoms with Gasteiger partial charge in [-0.1, -0.05) is 30.3 Å². The Kier molecular flexibility index (Phi) is 6.29. The van der Waals surface area contributed by atoms with Crippen molar-refractivity contribution < 1.29 is 9.53 Å². The van der Waals surface area contributed by atoms with Gasteiger partial charge in [-0.25, -0.2) is 0 Å². The Hall–Kier alpha value is -2.33. The highest BCUT2D eigenvalue weighted by Gasteiger charge is 2.24. The van der Waals surface area contributed by atoms with E-state index >= 15 is 0 Å². The molecule has 0 saturated carbocycles. The predicted molar refractivity (Wildman–Crippen MR) is 105 cm³/mol. The zero-order valence-electron chi connectivity index (χ0n) is 15.7. The zero-order chi connectivity index (χ0) is 18.4. The fraction of sp³-hybridized carbons (Fsp3) is 0.409. The predicted octanol–water partition coefficient (Wildman–Crippen LogP) is 4.50. The fourth-order valence-electron chi connectivity index (χ4n) is 3.64. The number of anilines is 1. The first-order chi connectivity index (χ1) is 12.7. The van der Waals surface area contributed by atoms with Crippen molar-refractivity contribution in [3.63, 3.8) is 0 Å². The summed E-state index contributed by atoms with van der Waals surface area (Å²) in [7, 11) is 1.64. The smallest absolute Gasteiger partial charge is 0.224 e. The normalized spacial score (nSPS) is 16.8. The largest absolute Gasteiger partial charge is 0.497 e. The van der Waals surface area contributed by atoms with E-state index in [9.17, 15) is 4.79 Å². The molecule has 2 aromatic carbocycles. The molecule has 0 spiro atoms. The van der Waals surface area contributed by atoms with Gasteiger partial charge in [-0.2, -0.15) is 0 Å². The molecule has 1 fully saturated rings. The summed E-state index contributed by atoms with van der Waals surface area (Å²) >= 11 is 0. The van der Waals surface area contributed by atoms with E-state index in [2.05, 4.69) is 47.5 Å². The third-order valence-electron chi connectivity index (χ3n) is 5.33. The quantitative estimate of drug-likeness (QED) is 0.832. The van der Waals surface area contributed by atoms with E-state index in [-0.39, 0.29) is 5.91 Å². The summed E-state index contributed by atoms with van der Waals surface area (Å²) in [5, 5.41) is 2.99. The van der Waals surface area contributed by atoms with Crippen molar-refractivity contribution in [1.29, 1.82) is 0 Å². The second-order valence-electron chi connectivity index (χ2n) is 7.05. The maximum absolute atomic E-state index is 12.3. The van der Waals surface area contributed by atoms with E-state index in [4.69, 9.17) is 4.74 Å². The summed E-state index contributed by atoms with van der Waals surface area (Å²) < 4.78 is 5.14. The standard InChI is InChI=1S/C22H28N2O2/c1-17(19-6-4-3-5-7-19)24-14-12-18(13-15-24)16-22(25)23-20-8-10-21(26-2)11-9-20/h3-11,17-18H,12-16H2,1-2H3,(H,23,25). The Morgan fingerprint density at radius 2 is 1.77 bits per heavy atom. The highest BCUT2D eigenvalue weighted by molar-refractivity contribution is 5.90. The highest BCUT2D eigenvalue weighted by atomic mass is 16.5. The molecular weight excluding hydrogens is 324 g/mol. The van der Waals surface area contributed by atoms with Crippen LogP contribution in [0.4, 0.5) is 5.69 Å². The van der Waals surface area contributed by atoms with Crippen molar-refractivity contribution in [2.24, 2.45) is 5.92 Å². The number of amides is 1. The number of ether oxygens (including phenoxy) is 1. The number of piperidine rings is 1. The van der Waals surface area contributed by atoms with Crippen LogP contribution in [0.5, 0.6) is 5.75 Å². The van der Waals surface area contributed by atoms with E-state index in [1.807, 2.05) is 24.3 Å². The minimum Gasteiger partial charge on any atom is -0.497 e. The van der Waals surface area contributed by atoms with E-state index < -0.39 is 0 Å². The van der Waals surface area contributed by atoms with E-state index in [0.717, 1.165) is 37.4 Å². The Morgan fingerprint density at radius 3 is 2.38 bits per heavy atom. The second kappa shape index (κ2) is 8.86. The van der Waals surface area contributed by atoms with Crippen LogP contribution in [0.3, 0.4) is 0 Å². The average Bonchev–Trinajstić information content (AvgIpc) is 2.69. The maximum atomic E-state index is 12.3. The lowest BCUT2D eigenvalue weighted by Crippen LogP contribution is -2.36. The average molecular weight is 352 g/mol. The van der Waals surface area contributed by atoms with Gasteiger partial charge in [-0.05, 0) is 68.6 Å². The molecule has 1 aliphatic heterocycles. The van der Waals surface area contributed by atoms with Crippen LogP contribution in [0.15, 0.2) is 54.6 Å². The third-order valence-corrected chi connectivity index (χ3v) is 5.33. The Bertz CT molecular complexity index is 692. The lowest BCUT2D eigenvalue weighted by molar-refractivity contribution is -0.117. The molecule has 3 rings (SSSR count). The molecule has 1 unspecified atom stereocenters. The lowest BCUT2D eigenvalue weighted by atomic mass is 9.91. The number of likely N-dealkylation sites (tertiary alicyclic amines) is 1. The molecule has 26 heavy (non-hydrogen) atoms. The van der Waals surface area contributed by atoms with Crippen molar-refractivity contribution in [3.05, 3.63) is 60.2 Å². The van der Waals surface area contributed by atoms with E-state index in [0.29, 0.717) is 18.4 Å². The van der Waals surface area contributed by atoms with Crippen LogP contribution in [0.25, 0.3) is 0 Å². The van der Waals surface area contributed by atoms with Crippen LogP contribution in [-0.2, 0) is 4.79 Å². The van der Waals surface area contributed by atoms with Crippen LogP contribution in [0.2, 0.25) is 0 Å². The molecule has 1 amide bonds. The zero-order valence-corrected chi connectivity index (χ0v) is 15.7. The molecule has 0 radical (unpaired) electrons. The number of carbonyl (C=O) groups excluding carboxylic acids is 1. The van der Waals surface area contributed by atoms with Crippen LogP contribution in [-0.4, -0.2) is 31.0 Å². The second-order valence-corrected chi connectivity index (χ2v) is 7.05. The molecule has 138 valence electrons. The number of nitrogens with one attached hydrogen (secondary N) is 1. The summed E-state index contributed by atoms with van der Waals surface area (Å²) in [6, 6.07) is 18.6. The van der Waals surface area contributed by atoms with E-state index in [1.54, 1.807) is 7.11 Å². The molecule has 0 bridgehead atoms. The maximum Gasteiger partial charge on any atom is 0.224 e. The number of hydrogen-bond acceptors (Lipinski definition) is 3. The molecule has 0 aliphatic carbocycles. The summed E-state index contributed by atoms with van der Waals surface area (Å²) in [5.74, 6) is 1.36. The molecule has 2 aromatic rings. The number of methoxy groups -OCH3 is 1. The molecular formula is C22H28N2O2. The first-order valence-corrected chi connectivity index (χ1v) is 9.38. The summed E-state index contributed by atoms with van der Waals surface area (Å²) in [6.07, 6.45) is 2.75. The van der Waals surface area contributed by atoms with Crippen LogP contribution >= 0.6 is 0 Å². The number of carbonyl (C=O) groups is 1. The molecule has 1 N–H and O–H groups in total. The number of hydrogen-bond donors (Lipinski definition) is 1. The Balaban J connectivity index is 1.45. The Labute approximate surface area is 156 Å². The van der Waals surface area contributed by atoms with Crippen molar-refractivity contribution in [2.75, 3.05) is 25.5 Å². The molecule has 0 aromatic heterocycles. The summed E-state index contributed by atoms with van der Waals surface area (Å²) in [5.41, 5.74) is 2.19. The number of nitrogens with zero attached hydrogens (tertiary/aromatic N) is 1. The molecule has 1 heterocycles. The fourth-order valence-corrected chi connectivity index (χ4v) is 3.64. The van der Waals surface area contributed by atoms with Crippen molar-refractivity contribution in [1.82, 2.24) is 4.90 Å².